The minimum Gasteiger partial charge on any atom is -0.463 e. The molecule has 0 unspecified atom stereocenters. The Kier molecular flexibility index (Phi) is 10.1. The van der Waals surface area contributed by atoms with Gasteiger partial charge >= 0.3 is 5.97 Å². The van der Waals surface area contributed by atoms with Crippen LogP contribution in [0.2, 0.25) is 0 Å². The lowest BCUT2D eigenvalue weighted by Crippen LogP contribution is -2.36. The van der Waals surface area contributed by atoms with Crippen molar-refractivity contribution in [1.82, 2.24) is 10.1 Å². The van der Waals surface area contributed by atoms with E-state index in [9.17, 15) is 22.8 Å². The first kappa shape index (κ1) is 22.6. The van der Waals surface area contributed by atoms with Gasteiger partial charge in [0.1, 0.15) is 0 Å². The predicted molar refractivity (Wildman–Crippen MR) is 100 cm³/mol. The molecular formula is C17H25N3O6S. The summed E-state index contributed by atoms with van der Waals surface area (Å²) >= 11 is 0. The van der Waals surface area contributed by atoms with Crippen LogP contribution in [0.25, 0.3) is 0 Å². The van der Waals surface area contributed by atoms with Gasteiger partial charge in [0, 0.05) is 25.1 Å². The fourth-order valence-electron chi connectivity index (χ4n) is 2.09. The van der Waals surface area contributed by atoms with E-state index < -0.39 is 21.8 Å². The third-order valence-corrected chi connectivity index (χ3v) is 4.69. The SMILES string of the molecule is COC(=O)C(=O)CCCCCC(=O)NCCS(=O)(=O)NNc1ccccc1. The number of unbranched alkanes of at least 4 members (excludes halogenated alkanes) is 2. The Morgan fingerprint density at radius 3 is 2.33 bits per heavy atom. The molecule has 0 saturated heterocycles. The Morgan fingerprint density at radius 1 is 1.00 bits per heavy atom. The second-order valence-corrected chi connectivity index (χ2v) is 7.58. The van der Waals surface area contributed by atoms with Gasteiger partial charge in [-0.25, -0.2) is 13.2 Å². The number of amides is 1. The number of carbonyl (C=O) groups excluding carboxylic acids is 3. The van der Waals surface area contributed by atoms with E-state index in [0.717, 1.165) is 7.11 Å². The molecule has 150 valence electrons. The van der Waals surface area contributed by atoms with Gasteiger partial charge in [0.15, 0.2) is 0 Å². The number of benzene rings is 1. The Hall–Kier alpha value is -2.46. The monoisotopic (exact) mass is 399 g/mol. The maximum absolute atomic E-state index is 11.8. The molecule has 0 heterocycles. The van der Waals surface area contributed by atoms with Crippen molar-refractivity contribution in [3.8, 4) is 0 Å². The van der Waals surface area contributed by atoms with E-state index in [2.05, 4.69) is 20.3 Å². The molecule has 27 heavy (non-hydrogen) atoms. The normalized spacial score (nSPS) is 10.9. The maximum atomic E-state index is 11.8. The zero-order chi connectivity index (χ0) is 20.1. The number of nitrogens with one attached hydrogen (secondary N) is 3. The number of carbonyl (C=O) groups is 3. The summed E-state index contributed by atoms with van der Waals surface area (Å²) in [4.78, 5) is 36.1. The number of ketones is 1. The number of hydrazine groups is 1. The van der Waals surface area contributed by atoms with Crippen molar-refractivity contribution in [3.05, 3.63) is 30.3 Å². The average molecular weight is 399 g/mol. The number of esters is 1. The lowest BCUT2D eigenvalue weighted by Gasteiger charge is -2.10. The highest BCUT2D eigenvalue weighted by atomic mass is 32.2. The second kappa shape index (κ2) is 12.0. The fourth-order valence-corrected chi connectivity index (χ4v) is 2.83. The summed E-state index contributed by atoms with van der Waals surface area (Å²) in [6.45, 7) is -0.00847. The van der Waals surface area contributed by atoms with Gasteiger partial charge in [-0.15, -0.1) is 4.83 Å². The van der Waals surface area contributed by atoms with E-state index >= 15 is 0 Å². The first-order valence-electron chi connectivity index (χ1n) is 8.52. The standard InChI is InChI=1S/C17H25N3O6S/c1-26-17(23)15(21)10-6-3-7-11-16(22)18-12-13-27(24,25)20-19-14-8-4-2-5-9-14/h2,4-5,8-9,19-20H,3,6-7,10-13H2,1H3,(H,18,22). The summed E-state index contributed by atoms with van der Waals surface area (Å²) in [5.41, 5.74) is 3.19. The van der Waals surface area contributed by atoms with Crippen molar-refractivity contribution < 1.29 is 27.5 Å². The van der Waals surface area contributed by atoms with E-state index in [4.69, 9.17) is 0 Å². The van der Waals surface area contributed by atoms with Crippen molar-refractivity contribution in [3.63, 3.8) is 0 Å². The predicted octanol–water partition coefficient (Wildman–Crippen LogP) is 0.742. The topological polar surface area (TPSA) is 131 Å². The molecule has 0 bridgehead atoms. The smallest absolute Gasteiger partial charge is 0.374 e. The third-order valence-electron chi connectivity index (χ3n) is 3.54. The van der Waals surface area contributed by atoms with Crippen molar-refractivity contribution >= 4 is 33.4 Å². The molecule has 0 atom stereocenters. The second-order valence-electron chi connectivity index (χ2n) is 5.74. The highest BCUT2D eigenvalue weighted by Crippen LogP contribution is 2.05. The first-order valence-corrected chi connectivity index (χ1v) is 10.2. The molecular weight excluding hydrogens is 374 g/mol. The Bertz CT molecular complexity index is 721. The number of ether oxygens (including phenoxy) is 1. The Morgan fingerprint density at radius 2 is 1.67 bits per heavy atom. The lowest BCUT2D eigenvalue weighted by atomic mass is 10.1. The van der Waals surface area contributed by atoms with Gasteiger partial charge in [-0.2, -0.15) is 0 Å². The van der Waals surface area contributed by atoms with Crippen LogP contribution < -0.4 is 15.6 Å². The average Bonchev–Trinajstić information content (AvgIpc) is 2.66. The van der Waals surface area contributed by atoms with Crippen LogP contribution >= 0.6 is 0 Å². The van der Waals surface area contributed by atoms with Crippen LogP contribution in [0.3, 0.4) is 0 Å². The number of Topliss-reactive ketones (excluding diaryl/α,β-unsaturated/α-hetero) is 1. The van der Waals surface area contributed by atoms with Crippen molar-refractivity contribution in [2.45, 2.75) is 32.1 Å². The van der Waals surface area contributed by atoms with Gasteiger partial charge in [-0.3, -0.25) is 9.59 Å². The van der Waals surface area contributed by atoms with E-state index in [1.54, 1.807) is 24.3 Å². The van der Waals surface area contributed by atoms with Crippen LogP contribution in [0.5, 0.6) is 0 Å². The summed E-state index contributed by atoms with van der Waals surface area (Å²) in [7, 11) is -2.43. The summed E-state index contributed by atoms with van der Waals surface area (Å²) < 4.78 is 28.0. The first-order chi connectivity index (χ1) is 12.8. The van der Waals surface area contributed by atoms with E-state index in [1.165, 1.54) is 0 Å². The quantitative estimate of drug-likeness (QED) is 0.193. The molecule has 0 radical (unpaired) electrons. The number of methoxy groups -OCH3 is 1. The van der Waals surface area contributed by atoms with Crippen LogP contribution in [0.4, 0.5) is 5.69 Å². The molecule has 0 aliphatic carbocycles. The zero-order valence-corrected chi connectivity index (χ0v) is 16.0. The minimum atomic E-state index is -3.58. The van der Waals surface area contributed by atoms with Crippen LogP contribution in [0.15, 0.2) is 30.3 Å². The molecule has 0 aromatic heterocycles. The maximum Gasteiger partial charge on any atom is 0.374 e. The van der Waals surface area contributed by atoms with Gasteiger partial charge in [0.05, 0.1) is 12.9 Å². The number of hydrogen-bond acceptors (Lipinski definition) is 7. The molecule has 10 heteroatoms. The summed E-state index contributed by atoms with van der Waals surface area (Å²) in [5, 5.41) is 2.54. The van der Waals surface area contributed by atoms with Crippen molar-refractivity contribution in [1.29, 1.82) is 0 Å². The molecule has 0 spiro atoms. The number of anilines is 1. The van der Waals surface area contributed by atoms with E-state index in [-0.39, 0.29) is 31.0 Å². The minimum absolute atomic E-state index is 0.00847. The van der Waals surface area contributed by atoms with Crippen LogP contribution in [-0.4, -0.2) is 45.5 Å². The van der Waals surface area contributed by atoms with E-state index in [1.807, 2.05) is 6.07 Å². The molecule has 0 aliphatic rings. The molecule has 1 amide bonds. The molecule has 0 aliphatic heterocycles. The lowest BCUT2D eigenvalue weighted by molar-refractivity contribution is -0.151. The zero-order valence-electron chi connectivity index (χ0n) is 15.2. The molecule has 0 saturated carbocycles. The van der Waals surface area contributed by atoms with E-state index in [0.29, 0.717) is 24.9 Å². The summed E-state index contributed by atoms with van der Waals surface area (Å²) in [5.74, 6) is -1.96. The summed E-state index contributed by atoms with van der Waals surface area (Å²) in [6, 6.07) is 8.77. The molecule has 0 fully saturated rings. The van der Waals surface area contributed by atoms with Crippen LogP contribution in [0, 0.1) is 0 Å². The fraction of sp³-hybridized carbons (Fsp3) is 0.471. The molecule has 3 N–H and O–H groups in total. The molecule has 1 aromatic rings. The molecule has 9 nitrogen and oxygen atoms in total. The third kappa shape index (κ3) is 10.3. The van der Waals surface area contributed by atoms with Crippen molar-refractivity contribution in [2.24, 2.45) is 0 Å². The van der Waals surface area contributed by atoms with Crippen LogP contribution in [-0.2, 0) is 29.1 Å². The number of hydrogen-bond donors (Lipinski definition) is 3. The highest BCUT2D eigenvalue weighted by Gasteiger charge is 2.13. The van der Waals surface area contributed by atoms with Gasteiger partial charge in [-0.1, -0.05) is 24.6 Å². The van der Waals surface area contributed by atoms with Gasteiger partial charge < -0.3 is 15.5 Å². The number of rotatable bonds is 13. The van der Waals surface area contributed by atoms with Gasteiger partial charge in [0.25, 0.3) is 0 Å². The number of sulfonamides is 1. The van der Waals surface area contributed by atoms with Crippen molar-refractivity contribution in [2.75, 3.05) is 24.8 Å². The molecule has 1 rings (SSSR count). The van der Waals surface area contributed by atoms with Gasteiger partial charge in [-0.05, 0) is 25.0 Å². The van der Waals surface area contributed by atoms with Crippen LogP contribution in [0.1, 0.15) is 32.1 Å². The largest absolute Gasteiger partial charge is 0.463 e. The Labute approximate surface area is 158 Å². The van der Waals surface area contributed by atoms with Gasteiger partial charge in [0.2, 0.25) is 21.7 Å². The number of para-hydroxylation sites is 1. The molecule has 1 aromatic carbocycles. The summed E-state index contributed by atoms with van der Waals surface area (Å²) in [6.07, 6.45) is 1.96. The Balaban J connectivity index is 2.12. The highest BCUT2D eigenvalue weighted by molar-refractivity contribution is 7.89.